The van der Waals surface area contributed by atoms with E-state index in [1.807, 2.05) is 30.3 Å². The molecule has 0 saturated carbocycles. The summed E-state index contributed by atoms with van der Waals surface area (Å²) < 4.78 is 4.51. The van der Waals surface area contributed by atoms with Gasteiger partial charge in [-0.1, -0.05) is 30.3 Å². The standard InChI is InChI=1S/C21H23N5OS/c27-20(23-15-17-6-10-22-11-7-17)18-8-12-26(13-9-18)21-24-19(25-28-21)14-16-4-2-1-3-5-16/h1-7,10-11,18H,8-9,12-15H2,(H,23,27). The number of hydrogen-bond donors (Lipinski definition) is 1. The van der Waals surface area contributed by atoms with Crippen LogP contribution in [0, 0.1) is 5.92 Å². The van der Waals surface area contributed by atoms with E-state index in [0.29, 0.717) is 6.54 Å². The first-order chi connectivity index (χ1) is 13.8. The molecular weight excluding hydrogens is 370 g/mol. The maximum absolute atomic E-state index is 12.5. The fourth-order valence-electron chi connectivity index (χ4n) is 3.39. The van der Waals surface area contributed by atoms with Gasteiger partial charge in [0.2, 0.25) is 11.0 Å². The van der Waals surface area contributed by atoms with Crippen molar-refractivity contribution in [3.05, 3.63) is 71.8 Å². The summed E-state index contributed by atoms with van der Waals surface area (Å²) in [7, 11) is 0. The topological polar surface area (TPSA) is 71.0 Å². The second-order valence-electron chi connectivity index (χ2n) is 6.99. The summed E-state index contributed by atoms with van der Waals surface area (Å²) in [4.78, 5) is 23.4. The second kappa shape index (κ2) is 8.93. The fraction of sp³-hybridized carbons (Fsp3) is 0.333. The van der Waals surface area contributed by atoms with Gasteiger partial charge in [-0.05, 0) is 36.1 Å². The first-order valence-electron chi connectivity index (χ1n) is 9.56. The average molecular weight is 394 g/mol. The molecule has 1 aliphatic rings. The quantitative estimate of drug-likeness (QED) is 0.697. The Morgan fingerprint density at radius 2 is 1.82 bits per heavy atom. The second-order valence-corrected chi connectivity index (χ2v) is 7.72. The van der Waals surface area contributed by atoms with Crippen molar-refractivity contribution in [2.75, 3.05) is 18.0 Å². The van der Waals surface area contributed by atoms with Crippen LogP contribution in [0.3, 0.4) is 0 Å². The zero-order chi connectivity index (χ0) is 19.2. The predicted octanol–water partition coefficient (Wildman–Crippen LogP) is 3.06. The largest absolute Gasteiger partial charge is 0.352 e. The van der Waals surface area contributed by atoms with Crippen molar-refractivity contribution < 1.29 is 4.79 Å². The Labute approximate surface area is 168 Å². The number of nitrogens with one attached hydrogen (secondary N) is 1. The van der Waals surface area contributed by atoms with Crippen LogP contribution in [0.25, 0.3) is 0 Å². The van der Waals surface area contributed by atoms with E-state index in [0.717, 1.165) is 48.9 Å². The van der Waals surface area contributed by atoms with E-state index in [2.05, 4.69) is 31.7 Å². The Morgan fingerprint density at radius 3 is 2.57 bits per heavy atom. The Hall–Kier alpha value is -2.80. The van der Waals surface area contributed by atoms with Gasteiger partial charge in [0.05, 0.1) is 0 Å². The van der Waals surface area contributed by atoms with E-state index in [-0.39, 0.29) is 11.8 Å². The van der Waals surface area contributed by atoms with Gasteiger partial charge in [-0.15, -0.1) is 0 Å². The maximum atomic E-state index is 12.5. The molecule has 1 aliphatic heterocycles. The SMILES string of the molecule is O=C(NCc1ccncc1)C1CCN(c2nc(Cc3ccccc3)ns2)CC1. The van der Waals surface area contributed by atoms with Crippen LogP contribution >= 0.6 is 11.5 Å². The summed E-state index contributed by atoms with van der Waals surface area (Å²) >= 11 is 1.45. The third kappa shape index (κ3) is 4.72. The van der Waals surface area contributed by atoms with Gasteiger partial charge in [0.25, 0.3) is 0 Å². The molecule has 1 amide bonds. The molecule has 1 saturated heterocycles. The minimum atomic E-state index is 0.0646. The highest BCUT2D eigenvalue weighted by Gasteiger charge is 2.26. The molecule has 0 unspecified atom stereocenters. The molecule has 1 aromatic carbocycles. The van der Waals surface area contributed by atoms with Crippen molar-refractivity contribution in [2.45, 2.75) is 25.8 Å². The number of rotatable bonds is 6. The zero-order valence-corrected chi connectivity index (χ0v) is 16.4. The van der Waals surface area contributed by atoms with Crippen molar-refractivity contribution in [2.24, 2.45) is 5.92 Å². The molecular formula is C21H23N5OS. The normalized spacial score (nSPS) is 14.8. The Bertz CT molecular complexity index is 891. The molecule has 6 nitrogen and oxygen atoms in total. The molecule has 1 N–H and O–H groups in total. The van der Waals surface area contributed by atoms with Crippen molar-refractivity contribution in [3.63, 3.8) is 0 Å². The van der Waals surface area contributed by atoms with E-state index in [9.17, 15) is 4.79 Å². The number of hydrogen-bond acceptors (Lipinski definition) is 6. The van der Waals surface area contributed by atoms with Crippen LogP contribution in [0.4, 0.5) is 5.13 Å². The summed E-state index contributed by atoms with van der Waals surface area (Å²) in [6.07, 6.45) is 5.93. The lowest BCUT2D eigenvalue weighted by Gasteiger charge is -2.30. The van der Waals surface area contributed by atoms with Crippen LogP contribution in [0.15, 0.2) is 54.9 Å². The van der Waals surface area contributed by atoms with E-state index < -0.39 is 0 Å². The first kappa shape index (κ1) is 18.6. The van der Waals surface area contributed by atoms with Crippen molar-refractivity contribution in [1.82, 2.24) is 19.7 Å². The fourth-order valence-corrected chi connectivity index (χ4v) is 4.13. The number of carbonyl (C=O) groups is 1. The lowest BCUT2D eigenvalue weighted by Crippen LogP contribution is -2.40. The number of benzene rings is 1. The summed E-state index contributed by atoms with van der Waals surface area (Å²) in [5.41, 5.74) is 2.29. The number of aromatic nitrogens is 3. The molecule has 3 aromatic rings. The molecule has 0 atom stereocenters. The van der Waals surface area contributed by atoms with Gasteiger partial charge in [-0.25, -0.2) is 4.98 Å². The Kier molecular flexibility index (Phi) is 5.92. The van der Waals surface area contributed by atoms with Gasteiger partial charge in [-0.2, -0.15) is 4.37 Å². The number of carbonyl (C=O) groups excluding carboxylic acids is 1. The first-order valence-corrected chi connectivity index (χ1v) is 10.3. The van der Waals surface area contributed by atoms with Crippen molar-refractivity contribution >= 4 is 22.6 Å². The van der Waals surface area contributed by atoms with Crippen molar-refractivity contribution in [3.8, 4) is 0 Å². The highest BCUT2D eigenvalue weighted by atomic mass is 32.1. The highest BCUT2D eigenvalue weighted by molar-refractivity contribution is 7.09. The molecule has 7 heteroatoms. The van der Waals surface area contributed by atoms with E-state index in [1.54, 1.807) is 12.4 Å². The summed E-state index contributed by atoms with van der Waals surface area (Å²) in [6.45, 7) is 2.24. The molecule has 144 valence electrons. The number of pyridine rings is 1. The predicted molar refractivity (Wildman–Crippen MR) is 110 cm³/mol. The Balaban J connectivity index is 1.26. The molecule has 28 heavy (non-hydrogen) atoms. The zero-order valence-electron chi connectivity index (χ0n) is 15.6. The summed E-state index contributed by atoms with van der Waals surface area (Å²) in [5.74, 6) is 1.07. The molecule has 3 heterocycles. The van der Waals surface area contributed by atoms with Crippen LogP contribution in [0.1, 0.15) is 29.8 Å². The lowest BCUT2D eigenvalue weighted by atomic mass is 9.96. The van der Waals surface area contributed by atoms with Gasteiger partial charge in [0.1, 0.15) is 5.82 Å². The molecule has 0 bridgehead atoms. The molecule has 0 radical (unpaired) electrons. The van der Waals surface area contributed by atoms with Gasteiger partial charge in [0.15, 0.2) is 0 Å². The average Bonchev–Trinajstić information content (AvgIpc) is 3.22. The number of anilines is 1. The van der Waals surface area contributed by atoms with Gasteiger partial charge < -0.3 is 10.2 Å². The number of amides is 1. The summed E-state index contributed by atoms with van der Waals surface area (Å²) in [5, 5.41) is 4.00. The summed E-state index contributed by atoms with van der Waals surface area (Å²) in [6, 6.07) is 14.1. The van der Waals surface area contributed by atoms with Crippen LogP contribution in [0.5, 0.6) is 0 Å². The van der Waals surface area contributed by atoms with Crippen LogP contribution in [0.2, 0.25) is 0 Å². The minimum absolute atomic E-state index is 0.0646. The molecule has 2 aromatic heterocycles. The van der Waals surface area contributed by atoms with Crippen LogP contribution in [-0.2, 0) is 17.8 Å². The number of nitrogens with zero attached hydrogens (tertiary/aromatic N) is 4. The minimum Gasteiger partial charge on any atom is -0.352 e. The smallest absolute Gasteiger partial charge is 0.223 e. The monoisotopic (exact) mass is 393 g/mol. The van der Waals surface area contributed by atoms with E-state index in [4.69, 9.17) is 4.98 Å². The lowest BCUT2D eigenvalue weighted by molar-refractivity contribution is -0.125. The van der Waals surface area contributed by atoms with Crippen LogP contribution in [-0.4, -0.2) is 33.3 Å². The van der Waals surface area contributed by atoms with Gasteiger partial charge in [0, 0.05) is 55.9 Å². The third-order valence-corrected chi connectivity index (χ3v) is 5.83. The number of piperidine rings is 1. The van der Waals surface area contributed by atoms with Gasteiger partial charge >= 0.3 is 0 Å². The highest BCUT2D eigenvalue weighted by Crippen LogP contribution is 2.25. The third-order valence-electron chi connectivity index (χ3n) is 5.01. The molecule has 0 aliphatic carbocycles. The van der Waals surface area contributed by atoms with E-state index in [1.165, 1.54) is 17.1 Å². The Morgan fingerprint density at radius 1 is 1.07 bits per heavy atom. The van der Waals surface area contributed by atoms with E-state index >= 15 is 0 Å². The van der Waals surface area contributed by atoms with Gasteiger partial charge in [-0.3, -0.25) is 9.78 Å². The van der Waals surface area contributed by atoms with Crippen LogP contribution < -0.4 is 10.2 Å². The molecule has 4 rings (SSSR count). The van der Waals surface area contributed by atoms with Crippen molar-refractivity contribution in [1.29, 1.82) is 0 Å². The molecule has 1 fully saturated rings. The molecule has 0 spiro atoms. The maximum Gasteiger partial charge on any atom is 0.223 e.